The quantitative estimate of drug-likeness (QED) is 0.317. The predicted molar refractivity (Wildman–Crippen MR) is 75.3 cm³/mol. The van der Waals surface area contributed by atoms with Gasteiger partial charge in [0, 0.05) is 13.0 Å². The SMILES string of the molecule is C#CCCCNCC(O)Cn1nc(C)c([N+](=O)[O-])c1C. The molecular weight excluding hydrogens is 260 g/mol. The van der Waals surface area contributed by atoms with Crippen LogP contribution in [0.15, 0.2) is 0 Å². The van der Waals surface area contributed by atoms with Crippen molar-refractivity contribution in [3.63, 3.8) is 0 Å². The minimum atomic E-state index is -0.654. The second-order valence-electron chi connectivity index (χ2n) is 4.62. The summed E-state index contributed by atoms with van der Waals surface area (Å²) < 4.78 is 1.47. The monoisotopic (exact) mass is 280 g/mol. The van der Waals surface area contributed by atoms with Gasteiger partial charge in [-0.25, -0.2) is 0 Å². The van der Waals surface area contributed by atoms with E-state index in [0.717, 1.165) is 13.0 Å². The summed E-state index contributed by atoms with van der Waals surface area (Å²) in [6, 6.07) is 0. The lowest BCUT2D eigenvalue weighted by molar-refractivity contribution is -0.386. The Hall–Kier alpha value is -1.91. The van der Waals surface area contributed by atoms with E-state index in [9.17, 15) is 15.2 Å². The van der Waals surface area contributed by atoms with Gasteiger partial charge < -0.3 is 10.4 Å². The average Bonchev–Trinajstić information content (AvgIpc) is 2.64. The predicted octanol–water partition coefficient (Wildman–Crippen LogP) is 0.772. The first kappa shape index (κ1) is 16.1. The topological polar surface area (TPSA) is 93.2 Å². The van der Waals surface area contributed by atoms with E-state index in [1.807, 2.05) is 0 Å². The van der Waals surface area contributed by atoms with E-state index in [0.29, 0.717) is 24.4 Å². The minimum absolute atomic E-state index is 0.0131. The van der Waals surface area contributed by atoms with Gasteiger partial charge in [0.05, 0.1) is 17.6 Å². The van der Waals surface area contributed by atoms with Crippen LogP contribution in [0.5, 0.6) is 0 Å². The Morgan fingerprint density at radius 1 is 1.60 bits per heavy atom. The van der Waals surface area contributed by atoms with Crippen LogP contribution >= 0.6 is 0 Å². The molecule has 0 amide bonds. The van der Waals surface area contributed by atoms with Crippen molar-refractivity contribution in [2.75, 3.05) is 13.1 Å². The van der Waals surface area contributed by atoms with Gasteiger partial charge in [-0.3, -0.25) is 14.8 Å². The van der Waals surface area contributed by atoms with Gasteiger partial charge in [0.25, 0.3) is 0 Å². The first-order valence-corrected chi connectivity index (χ1v) is 6.48. The third-order valence-electron chi connectivity index (χ3n) is 2.96. The number of aliphatic hydroxyl groups excluding tert-OH is 1. The van der Waals surface area contributed by atoms with Crippen LogP contribution in [0.1, 0.15) is 24.2 Å². The molecule has 0 saturated carbocycles. The number of hydrogen-bond acceptors (Lipinski definition) is 5. The number of rotatable bonds is 8. The molecule has 0 saturated heterocycles. The third kappa shape index (κ3) is 4.33. The molecule has 7 heteroatoms. The molecule has 7 nitrogen and oxygen atoms in total. The molecular formula is C13H20N4O3. The molecule has 1 aromatic heterocycles. The van der Waals surface area contributed by atoms with E-state index in [4.69, 9.17) is 6.42 Å². The van der Waals surface area contributed by atoms with E-state index in [-0.39, 0.29) is 12.2 Å². The van der Waals surface area contributed by atoms with Crippen LogP contribution in [0.4, 0.5) is 5.69 Å². The lowest BCUT2D eigenvalue weighted by atomic mass is 10.3. The molecule has 0 aromatic carbocycles. The van der Waals surface area contributed by atoms with Crippen molar-refractivity contribution in [2.24, 2.45) is 0 Å². The second-order valence-corrected chi connectivity index (χ2v) is 4.62. The fraction of sp³-hybridized carbons (Fsp3) is 0.615. The highest BCUT2D eigenvalue weighted by Crippen LogP contribution is 2.21. The fourth-order valence-electron chi connectivity index (χ4n) is 1.98. The zero-order valence-electron chi connectivity index (χ0n) is 11.8. The van der Waals surface area contributed by atoms with Crippen molar-refractivity contribution in [1.29, 1.82) is 0 Å². The fourth-order valence-corrected chi connectivity index (χ4v) is 1.98. The highest BCUT2D eigenvalue weighted by molar-refractivity contribution is 5.39. The van der Waals surface area contributed by atoms with Gasteiger partial charge in [-0.05, 0) is 26.8 Å². The third-order valence-corrected chi connectivity index (χ3v) is 2.96. The van der Waals surface area contributed by atoms with Crippen LogP contribution in [-0.2, 0) is 6.54 Å². The Bertz CT molecular complexity index is 504. The van der Waals surface area contributed by atoms with Crippen LogP contribution in [0.25, 0.3) is 0 Å². The Morgan fingerprint density at radius 2 is 2.30 bits per heavy atom. The summed E-state index contributed by atoms with van der Waals surface area (Å²) in [5, 5.41) is 27.9. The summed E-state index contributed by atoms with van der Waals surface area (Å²) in [4.78, 5) is 10.4. The summed E-state index contributed by atoms with van der Waals surface area (Å²) in [5.74, 6) is 2.54. The number of aliphatic hydroxyl groups is 1. The van der Waals surface area contributed by atoms with E-state index in [2.05, 4.69) is 16.3 Å². The zero-order chi connectivity index (χ0) is 15.1. The Kier molecular flexibility index (Phi) is 6.15. The molecule has 110 valence electrons. The van der Waals surface area contributed by atoms with Gasteiger partial charge in [0.15, 0.2) is 0 Å². The number of unbranched alkanes of at least 4 members (excludes halogenated alkanes) is 1. The van der Waals surface area contributed by atoms with Crippen LogP contribution in [0, 0.1) is 36.3 Å². The van der Waals surface area contributed by atoms with Crippen LogP contribution in [-0.4, -0.2) is 39.0 Å². The summed E-state index contributed by atoms with van der Waals surface area (Å²) in [7, 11) is 0. The van der Waals surface area contributed by atoms with Crippen LogP contribution in [0.2, 0.25) is 0 Å². The summed E-state index contributed by atoms with van der Waals surface area (Å²) in [5.41, 5.74) is 0.833. The largest absolute Gasteiger partial charge is 0.390 e. The number of aromatic nitrogens is 2. The standard InChI is InChI=1S/C13H20N4O3/c1-4-5-6-7-14-8-12(18)9-16-11(3)13(17(19)20)10(2)15-16/h1,12,14,18H,5-9H2,2-3H3. The van der Waals surface area contributed by atoms with Crippen molar-refractivity contribution in [1.82, 2.24) is 15.1 Å². The van der Waals surface area contributed by atoms with Gasteiger partial charge >= 0.3 is 5.69 Å². The normalized spacial score (nSPS) is 12.1. The number of hydrogen-bond donors (Lipinski definition) is 2. The summed E-state index contributed by atoms with van der Waals surface area (Å²) >= 11 is 0. The number of nitrogens with one attached hydrogen (secondary N) is 1. The molecule has 1 aromatic rings. The van der Waals surface area contributed by atoms with Gasteiger partial charge in [0.1, 0.15) is 11.4 Å². The lowest BCUT2D eigenvalue weighted by Crippen LogP contribution is -2.31. The van der Waals surface area contributed by atoms with Crippen molar-refractivity contribution in [3.8, 4) is 12.3 Å². The highest BCUT2D eigenvalue weighted by Gasteiger charge is 2.22. The molecule has 1 rings (SSSR count). The number of nitrogens with zero attached hydrogens (tertiary/aromatic N) is 3. The summed E-state index contributed by atoms with van der Waals surface area (Å²) in [6.07, 6.45) is 6.04. The first-order chi connectivity index (χ1) is 9.47. The van der Waals surface area contributed by atoms with Crippen LogP contribution in [0.3, 0.4) is 0 Å². The molecule has 0 aliphatic heterocycles. The Morgan fingerprint density at radius 3 is 2.85 bits per heavy atom. The molecule has 0 aliphatic carbocycles. The molecule has 0 aliphatic rings. The molecule has 0 bridgehead atoms. The van der Waals surface area contributed by atoms with E-state index >= 15 is 0 Å². The van der Waals surface area contributed by atoms with E-state index < -0.39 is 11.0 Å². The van der Waals surface area contributed by atoms with Gasteiger partial charge in [-0.15, -0.1) is 12.3 Å². The van der Waals surface area contributed by atoms with Gasteiger partial charge in [0.2, 0.25) is 0 Å². The minimum Gasteiger partial charge on any atom is -0.390 e. The maximum atomic E-state index is 10.9. The summed E-state index contributed by atoms with van der Waals surface area (Å²) in [6.45, 7) is 4.58. The second kappa shape index (κ2) is 7.62. The van der Waals surface area contributed by atoms with Crippen molar-refractivity contribution < 1.29 is 10.0 Å². The smallest absolute Gasteiger partial charge is 0.312 e. The molecule has 1 heterocycles. The molecule has 1 unspecified atom stereocenters. The maximum absolute atomic E-state index is 10.9. The molecule has 0 radical (unpaired) electrons. The average molecular weight is 280 g/mol. The van der Waals surface area contributed by atoms with E-state index in [1.165, 1.54) is 4.68 Å². The molecule has 0 fully saturated rings. The van der Waals surface area contributed by atoms with Crippen molar-refractivity contribution >= 4 is 5.69 Å². The zero-order valence-corrected chi connectivity index (χ0v) is 11.8. The molecule has 20 heavy (non-hydrogen) atoms. The highest BCUT2D eigenvalue weighted by atomic mass is 16.6. The van der Waals surface area contributed by atoms with Gasteiger partial charge in [-0.2, -0.15) is 5.10 Å². The Balaban J connectivity index is 2.50. The van der Waals surface area contributed by atoms with Crippen LogP contribution < -0.4 is 5.32 Å². The maximum Gasteiger partial charge on any atom is 0.312 e. The van der Waals surface area contributed by atoms with E-state index in [1.54, 1.807) is 13.8 Å². The number of terminal acetylenes is 1. The van der Waals surface area contributed by atoms with Crippen molar-refractivity contribution in [2.45, 2.75) is 39.3 Å². The Labute approximate surface area is 118 Å². The first-order valence-electron chi connectivity index (χ1n) is 6.48. The molecule has 2 N–H and O–H groups in total. The van der Waals surface area contributed by atoms with Crippen molar-refractivity contribution in [3.05, 3.63) is 21.5 Å². The lowest BCUT2D eigenvalue weighted by Gasteiger charge is -2.12. The molecule has 0 spiro atoms. The number of nitro groups is 1. The number of aryl methyl sites for hydroxylation is 1. The molecule has 1 atom stereocenters. The van der Waals surface area contributed by atoms with Gasteiger partial charge in [-0.1, -0.05) is 0 Å².